The van der Waals surface area contributed by atoms with E-state index in [0.29, 0.717) is 18.2 Å². The zero-order chi connectivity index (χ0) is 14.2. The molecule has 0 radical (unpaired) electrons. The van der Waals surface area contributed by atoms with Gasteiger partial charge >= 0.3 is 0 Å². The van der Waals surface area contributed by atoms with Gasteiger partial charge in [0.2, 0.25) is 6.79 Å². The first-order valence-corrected chi connectivity index (χ1v) is 7.03. The molecule has 1 aromatic carbocycles. The van der Waals surface area contributed by atoms with Crippen LogP contribution in [-0.2, 0) is 6.54 Å². The third-order valence-corrected chi connectivity index (χ3v) is 3.84. The largest absolute Gasteiger partial charge is 0.472 e. The summed E-state index contributed by atoms with van der Waals surface area (Å²) in [6.07, 6.45) is 5.12. The number of rotatable bonds is 4. The summed E-state index contributed by atoms with van der Waals surface area (Å²) < 4.78 is 15.9. The van der Waals surface area contributed by atoms with Gasteiger partial charge in [0.15, 0.2) is 11.5 Å². The maximum Gasteiger partial charge on any atom is 0.257 e. The van der Waals surface area contributed by atoms with Crippen LogP contribution in [0.5, 0.6) is 11.5 Å². The quantitative estimate of drug-likeness (QED) is 0.866. The van der Waals surface area contributed by atoms with Crippen molar-refractivity contribution in [1.82, 2.24) is 4.90 Å². The van der Waals surface area contributed by atoms with Crippen molar-refractivity contribution in [3.63, 3.8) is 0 Å². The Bertz CT molecular complexity index is 661. The van der Waals surface area contributed by atoms with Crippen molar-refractivity contribution in [1.29, 1.82) is 0 Å². The predicted octanol–water partition coefficient (Wildman–Crippen LogP) is 2.81. The molecule has 2 aromatic rings. The minimum Gasteiger partial charge on any atom is -0.472 e. The Morgan fingerprint density at radius 3 is 2.90 bits per heavy atom. The molecule has 0 bridgehead atoms. The number of fused-ring (bicyclic) bond motifs is 1. The third-order valence-electron chi connectivity index (χ3n) is 3.84. The van der Waals surface area contributed by atoms with Crippen LogP contribution in [-0.4, -0.2) is 23.6 Å². The van der Waals surface area contributed by atoms with Gasteiger partial charge in [0, 0.05) is 11.6 Å². The van der Waals surface area contributed by atoms with Crippen LogP contribution < -0.4 is 9.47 Å². The fourth-order valence-corrected chi connectivity index (χ4v) is 2.60. The van der Waals surface area contributed by atoms with Crippen molar-refractivity contribution in [2.75, 3.05) is 6.79 Å². The fourth-order valence-electron chi connectivity index (χ4n) is 2.60. The van der Waals surface area contributed by atoms with Gasteiger partial charge in [-0.3, -0.25) is 4.79 Å². The molecule has 0 unspecified atom stereocenters. The summed E-state index contributed by atoms with van der Waals surface area (Å²) in [5.41, 5.74) is 1.57. The molecule has 1 aromatic heterocycles. The van der Waals surface area contributed by atoms with Crippen molar-refractivity contribution in [2.24, 2.45) is 0 Å². The number of benzene rings is 1. The molecule has 2 aliphatic rings. The molecule has 0 atom stereocenters. The highest BCUT2D eigenvalue weighted by molar-refractivity contribution is 5.94. The van der Waals surface area contributed by atoms with Gasteiger partial charge in [0.05, 0.1) is 18.4 Å². The minimum absolute atomic E-state index is 0.00256. The van der Waals surface area contributed by atoms with E-state index in [0.717, 1.165) is 29.9 Å². The number of amides is 1. The number of hydrogen-bond acceptors (Lipinski definition) is 4. The Kier molecular flexibility index (Phi) is 2.84. The molecule has 0 spiro atoms. The Labute approximate surface area is 122 Å². The van der Waals surface area contributed by atoms with E-state index in [-0.39, 0.29) is 12.7 Å². The molecule has 1 amide bonds. The van der Waals surface area contributed by atoms with Crippen molar-refractivity contribution in [3.8, 4) is 11.5 Å². The maximum absolute atomic E-state index is 12.6. The van der Waals surface area contributed by atoms with Crippen molar-refractivity contribution in [2.45, 2.75) is 25.4 Å². The first-order valence-electron chi connectivity index (χ1n) is 7.03. The predicted molar refractivity (Wildman–Crippen MR) is 74.2 cm³/mol. The van der Waals surface area contributed by atoms with E-state index in [2.05, 4.69) is 0 Å². The molecule has 1 saturated carbocycles. The summed E-state index contributed by atoms with van der Waals surface area (Å²) in [5, 5.41) is 0. The number of hydrogen-bond donors (Lipinski definition) is 0. The van der Waals surface area contributed by atoms with Crippen LogP contribution in [0.15, 0.2) is 41.2 Å². The van der Waals surface area contributed by atoms with E-state index in [9.17, 15) is 4.79 Å². The lowest BCUT2D eigenvalue weighted by atomic mass is 10.1. The fraction of sp³-hybridized carbons (Fsp3) is 0.312. The van der Waals surface area contributed by atoms with Crippen LogP contribution in [0.1, 0.15) is 28.8 Å². The second-order valence-electron chi connectivity index (χ2n) is 5.33. The third kappa shape index (κ3) is 2.24. The molecule has 21 heavy (non-hydrogen) atoms. The van der Waals surface area contributed by atoms with Crippen LogP contribution in [0.4, 0.5) is 0 Å². The standard InChI is InChI=1S/C16H15NO4/c18-16(12-6-7-19-9-12)17(13-4-5-13)8-11-2-1-3-14-15(11)21-10-20-14/h1-3,6-7,9,13H,4-5,8,10H2. The molecule has 5 nitrogen and oxygen atoms in total. The van der Waals surface area contributed by atoms with Crippen LogP contribution in [0, 0.1) is 0 Å². The SMILES string of the molecule is O=C(c1ccoc1)N(Cc1cccc2c1OCO2)C1CC1. The lowest BCUT2D eigenvalue weighted by molar-refractivity contribution is 0.0727. The zero-order valence-electron chi connectivity index (χ0n) is 11.5. The topological polar surface area (TPSA) is 51.9 Å². The maximum atomic E-state index is 12.6. The monoisotopic (exact) mass is 285 g/mol. The summed E-state index contributed by atoms with van der Waals surface area (Å²) in [4.78, 5) is 14.5. The highest BCUT2D eigenvalue weighted by Crippen LogP contribution is 2.38. The first-order chi connectivity index (χ1) is 10.3. The number of furan rings is 1. The number of carbonyl (C=O) groups is 1. The number of carbonyl (C=O) groups excluding carboxylic acids is 1. The number of para-hydroxylation sites is 1. The van der Waals surface area contributed by atoms with Crippen LogP contribution in [0.25, 0.3) is 0 Å². The molecule has 0 N–H and O–H groups in total. The van der Waals surface area contributed by atoms with E-state index in [1.165, 1.54) is 12.5 Å². The van der Waals surface area contributed by atoms with E-state index >= 15 is 0 Å². The van der Waals surface area contributed by atoms with Gasteiger partial charge < -0.3 is 18.8 Å². The summed E-state index contributed by atoms with van der Waals surface area (Å²) in [7, 11) is 0. The summed E-state index contributed by atoms with van der Waals surface area (Å²) >= 11 is 0. The van der Waals surface area contributed by atoms with E-state index < -0.39 is 0 Å². The second-order valence-corrected chi connectivity index (χ2v) is 5.33. The summed E-state index contributed by atoms with van der Waals surface area (Å²) in [6.45, 7) is 0.771. The zero-order valence-corrected chi connectivity index (χ0v) is 11.5. The average molecular weight is 285 g/mol. The highest BCUT2D eigenvalue weighted by Gasteiger charge is 2.34. The van der Waals surface area contributed by atoms with E-state index in [4.69, 9.17) is 13.9 Å². The Morgan fingerprint density at radius 2 is 2.14 bits per heavy atom. The Morgan fingerprint density at radius 1 is 1.24 bits per heavy atom. The molecule has 0 saturated heterocycles. The smallest absolute Gasteiger partial charge is 0.257 e. The van der Waals surface area contributed by atoms with Gasteiger partial charge in [-0.05, 0) is 25.0 Å². The Balaban J connectivity index is 1.61. The molecule has 5 heteroatoms. The van der Waals surface area contributed by atoms with Crippen LogP contribution in [0.3, 0.4) is 0 Å². The van der Waals surface area contributed by atoms with Crippen LogP contribution in [0.2, 0.25) is 0 Å². The normalized spacial score (nSPS) is 16.0. The van der Waals surface area contributed by atoms with Gasteiger partial charge in [-0.1, -0.05) is 12.1 Å². The van der Waals surface area contributed by atoms with Crippen molar-refractivity contribution in [3.05, 3.63) is 47.9 Å². The minimum atomic E-state index is 0.00256. The molecule has 1 aliphatic carbocycles. The van der Waals surface area contributed by atoms with Gasteiger partial charge in [-0.15, -0.1) is 0 Å². The van der Waals surface area contributed by atoms with E-state index in [1.54, 1.807) is 6.07 Å². The highest BCUT2D eigenvalue weighted by atomic mass is 16.7. The van der Waals surface area contributed by atoms with Gasteiger partial charge in [0.25, 0.3) is 5.91 Å². The van der Waals surface area contributed by atoms with Gasteiger partial charge in [-0.25, -0.2) is 0 Å². The molecule has 1 fully saturated rings. The summed E-state index contributed by atoms with van der Waals surface area (Å²) in [6, 6.07) is 7.80. The molecule has 4 rings (SSSR count). The van der Waals surface area contributed by atoms with E-state index in [1.807, 2.05) is 23.1 Å². The van der Waals surface area contributed by atoms with Gasteiger partial charge in [-0.2, -0.15) is 0 Å². The average Bonchev–Trinajstić information content (AvgIpc) is 3.02. The van der Waals surface area contributed by atoms with Crippen molar-refractivity contribution < 1.29 is 18.7 Å². The lowest BCUT2D eigenvalue weighted by Gasteiger charge is -2.22. The number of nitrogens with zero attached hydrogens (tertiary/aromatic N) is 1. The first kappa shape index (κ1) is 12.3. The molecular weight excluding hydrogens is 270 g/mol. The second kappa shape index (κ2) is 4.84. The molecule has 1 aliphatic heterocycles. The molecule has 108 valence electrons. The molecular formula is C16H15NO4. The summed E-state index contributed by atoms with van der Waals surface area (Å²) in [5.74, 6) is 1.50. The van der Waals surface area contributed by atoms with Crippen molar-refractivity contribution >= 4 is 5.91 Å². The lowest BCUT2D eigenvalue weighted by Crippen LogP contribution is -2.32. The molecule has 2 heterocycles. The Hall–Kier alpha value is -2.43. The number of ether oxygens (including phenoxy) is 2. The van der Waals surface area contributed by atoms with Gasteiger partial charge in [0.1, 0.15) is 6.26 Å². The van der Waals surface area contributed by atoms with Crippen LogP contribution >= 0.6 is 0 Å².